The molecule has 2 bridgehead atoms. The number of amides is 1. The number of hydrogen-bond donors (Lipinski definition) is 0. The summed E-state index contributed by atoms with van der Waals surface area (Å²) in [4.78, 5) is 40.8. The van der Waals surface area contributed by atoms with Crippen LogP contribution >= 0.6 is 0 Å². The number of Topliss-reactive ketones (excluding diaryl/α,β-unsaturated/α-hetero) is 1. The first-order valence-corrected chi connectivity index (χ1v) is 9.26. The Morgan fingerprint density at radius 3 is 2.70 bits per heavy atom. The first-order chi connectivity index (χ1) is 12.9. The lowest BCUT2D eigenvalue weighted by Gasteiger charge is -2.46. The number of furan rings is 1. The van der Waals surface area contributed by atoms with Gasteiger partial charge in [-0.25, -0.2) is 0 Å². The second kappa shape index (κ2) is 5.32. The van der Waals surface area contributed by atoms with Crippen molar-refractivity contribution in [3.05, 3.63) is 36.3 Å². The smallest absolute Gasteiger partial charge is 0.312 e. The fourth-order valence-corrected chi connectivity index (χ4v) is 5.77. The van der Waals surface area contributed by atoms with E-state index in [9.17, 15) is 14.4 Å². The summed E-state index contributed by atoms with van der Waals surface area (Å²) >= 11 is 0. The lowest BCUT2D eigenvalue weighted by atomic mass is 9.69. The van der Waals surface area contributed by atoms with Crippen LogP contribution in [0.3, 0.4) is 0 Å². The molecule has 1 aromatic heterocycles. The minimum Gasteiger partial charge on any atom is -0.469 e. The molecule has 0 saturated carbocycles. The molecule has 27 heavy (non-hydrogen) atoms. The summed E-state index contributed by atoms with van der Waals surface area (Å²) in [6.45, 7) is 3.67. The Bertz CT molecular complexity index is 860. The van der Waals surface area contributed by atoms with Gasteiger partial charge in [0.15, 0.2) is 0 Å². The molecule has 1 spiro atoms. The predicted octanol–water partition coefficient (Wildman–Crippen LogP) is 1.50. The van der Waals surface area contributed by atoms with Crippen LogP contribution in [0, 0.1) is 23.7 Å². The quantitative estimate of drug-likeness (QED) is 0.578. The highest BCUT2D eigenvalue weighted by molar-refractivity contribution is 5.96. The van der Waals surface area contributed by atoms with E-state index in [1.54, 1.807) is 23.3 Å². The number of carbonyl (C=O) groups is 3. The number of piperidine rings is 1. The van der Waals surface area contributed by atoms with E-state index in [4.69, 9.17) is 13.9 Å². The summed E-state index contributed by atoms with van der Waals surface area (Å²) in [5.74, 6) is -2.15. The summed E-state index contributed by atoms with van der Waals surface area (Å²) in [6, 6.07) is 2.56. The number of hydrogen-bond acceptors (Lipinski definition) is 6. The fourth-order valence-electron chi connectivity index (χ4n) is 5.77. The molecule has 3 fully saturated rings. The maximum absolute atomic E-state index is 13.6. The largest absolute Gasteiger partial charge is 0.469 e. The summed E-state index contributed by atoms with van der Waals surface area (Å²) in [5.41, 5.74) is -0.972. The van der Waals surface area contributed by atoms with Gasteiger partial charge in [0.25, 0.3) is 0 Å². The highest BCUT2D eigenvalue weighted by Gasteiger charge is 2.75. The van der Waals surface area contributed by atoms with Crippen molar-refractivity contribution in [2.24, 2.45) is 23.7 Å². The minimum absolute atomic E-state index is 0.0717. The number of ketones is 1. The molecule has 0 aromatic carbocycles. The summed E-state index contributed by atoms with van der Waals surface area (Å²) in [6.07, 6.45) is 4.76. The molecule has 7 nitrogen and oxygen atoms in total. The fraction of sp³-hybridized carbons (Fsp3) is 0.550. The van der Waals surface area contributed by atoms with Crippen LogP contribution in [0.2, 0.25) is 0 Å². The molecule has 4 aliphatic heterocycles. The van der Waals surface area contributed by atoms with Gasteiger partial charge in [-0.2, -0.15) is 0 Å². The van der Waals surface area contributed by atoms with Crippen LogP contribution in [0.4, 0.5) is 0 Å². The van der Waals surface area contributed by atoms with Gasteiger partial charge in [-0.1, -0.05) is 26.0 Å². The Morgan fingerprint density at radius 2 is 2.04 bits per heavy atom. The van der Waals surface area contributed by atoms with E-state index in [2.05, 4.69) is 0 Å². The van der Waals surface area contributed by atoms with Crippen molar-refractivity contribution in [1.82, 2.24) is 4.90 Å². The highest BCUT2D eigenvalue weighted by Crippen LogP contribution is 2.60. The minimum atomic E-state index is -0.972. The third-order valence-corrected chi connectivity index (χ3v) is 6.82. The second-order valence-electron chi connectivity index (χ2n) is 7.95. The monoisotopic (exact) mass is 371 g/mol. The van der Waals surface area contributed by atoms with Gasteiger partial charge in [-0.3, -0.25) is 14.4 Å². The Balaban J connectivity index is 1.67. The van der Waals surface area contributed by atoms with E-state index in [1.807, 2.05) is 26.0 Å². The van der Waals surface area contributed by atoms with Crippen LogP contribution in [0.25, 0.3) is 0 Å². The predicted molar refractivity (Wildman–Crippen MR) is 91.2 cm³/mol. The molecule has 3 saturated heterocycles. The van der Waals surface area contributed by atoms with Crippen LogP contribution in [0.5, 0.6) is 0 Å². The molecule has 8 atom stereocenters. The molecule has 0 N–H and O–H groups in total. The first-order valence-electron chi connectivity index (χ1n) is 9.26. The van der Waals surface area contributed by atoms with Gasteiger partial charge >= 0.3 is 5.97 Å². The second-order valence-corrected chi connectivity index (χ2v) is 7.95. The zero-order valence-electron chi connectivity index (χ0n) is 15.3. The Morgan fingerprint density at radius 1 is 1.26 bits per heavy atom. The van der Waals surface area contributed by atoms with E-state index in [0.717, 1.165) is 0 Å². The lowest BCUT2D eigenvalue weighted by molar-refractivity contribution is -0.157. The molecule has 0 radical (unpaired) electrons. The molecule has 142 valence electrons. The zero-order valence-corrected chi connectivity index (χ0v) is 15.3. The molecule has 7 heteroatoms. The summed E-state index contributed by atoms with van der Waals surface area (Å²) < 4.78 is 16.8. The molecule has 0 aliphatic carbocycles. The third-order valence-electron chi connectivity index (χ3n) is 6.82. The number of methoxy groups -OCH3 is 1. The number of fused-ring (bicyclic) bond motifs is 2. The van der Waals surface area contributed by atoms with Crippen molar-refractivity contribution in [3.8, 4) is 0 Å². The standard InChI is InChI=1S/C20H21NO6/c1-9-15(12-5-4-8-26-12)21-17(10(2)16(9)22)20-7-6-11(27-20)13(19(24)25-3)14(20)18(21)23/h4-11,13-15,17H,1-3H3/t9-,10-,11+,13-,14+,15-,17-,20-/m0/s1. The van der Waals surface area contributed by atoms with Crippen molar-refractivity contribution < 1.29 is 28.3 Å². The van der Waals surface area contributed by atoms with E-state index in [1.165, 1.54) is 7.11 Å². The number of rotatable bonds is 2. The van der Waals surface area contributed by atoms with Crippen molar-refractivity contribution in [2.75, 3.05) is 7.11 Å². The van der Waals surface area contributed by atoms with Crippen molar-refractivity contribution in [2.45, 2.75) is 37.6 Å². The van der Waals surface area contributed by atoms with E-state index in [0.29, 0.717) is 5.76 Å². The van der Waals surface area contributed by atoms with Crippen LogP contribution in [-0.4, -0.2) is 47.4 Å². The summed E-state index contributed by atoms with van der Waals surface area (Å²) in [5, 5.41) is 0. The molecule has 1 amide bonds. The van der Waals surface area contributed by atoms with Crippen molar-refractivity contribution >= 4 is 17.7 Å². The number of carbonyl (C=O) groups excluding carboxylic acids is 3. The van der Waals surface area contributed by atoms with Gasteiger partial charge in [-0.15, -0.1) is 0 Å². The summed E-state index contributed by atoms with van der Waals surface area (Å²) in [7, 11) is 1.32. The molecule has 0 unspecified atom stereocenters. The van der Waals surface area contributed by atoms with Gasteiger partial charge in [-0.05, 0) is 12.1 Å². The maximum atomic E-state index is 13.6. The highest BCUT2D eigenvalue weighted by atomic mass is 16.5. The molecule has 1 aromatic rings. The lowest BCUT2D eigenvalue weighted by Crippen LogP contribution is -2.58. The zero-order chi connectivity index (χ0) is 19.1. The number of nitrogens with zero attached hydrogens (tertiary/aromatic N) is 1. The van der Waals surface area contributed by atoms with Crippen LogP contribution in [0.15, 0.2) is 35.0 Å². The van der Waals surface area contributed by atoms with E-state index in [-0.39, 0.29) is 11.7 Å². The van der Waals surface area contributed by atoms with Gasteiger partial charge in [0.05, 0.1) is 37.5 Å². The normalized spacial score (nSPS) is 44.6. The molecular formula is C20H21NO6. The SMILES string of the molecule is COC(=O)[C@H]1[C@H]2C=C[C@@]3(O2)[C@@H]2[C@@H](C)C(=O)[C@@H](C)[C@@H](c4ccco4)N2C(=O)[C@@H]13. The number of esters is 1. The van der Waals surface area contributed by atoms with Crippen LogP contribution < -0.4 is 0 Å². The average molecular weight is 371 g/mol. The first kappa shape index (κ1) is 16.7. The van der Waals surface area contributed by atoms with Crippen LogP contribution in [-0.2, 0) is 23.9 Å². The molecule has 5 heterocycles. The van der Waals surface area contributed by atoms with E-state index >= 15 is 0 Å². The van der Waals surface area contributed by atoms with E-state index < -0.39 is 53.4 Å². The van der Waals surface area contributed by atoms with Gasteiger partial charge < -0.3 is 18.8 Å². The van der Waals surface area contributed by atoms with Crippen molar-refractivity contribution in [3.63, 3.8) is 0 Å². The number of ether oxygens (including phenoxy) is 2. The van der Waals surface area contributed by atoms with Gasteiger partial charge in [0.2, 0.25) is 5.91 Å². The van der Waals surface area contributed by atoms with Gasteiger partial charge in [0, 0.05) is 11.8 Å². The Labute approximate surface area is 156 Å². The molecular weight excluding hydrogens is 350 g/mol. The van der Waals surface area contributed by atoms with Crippen molar-refractivity contribution in [1.29, 1.82) is 0 Å². The Kier molecular flexibility index (Phi) is 3.30. The van der Waals surface area contributed by atoms with Crippen LogP contribution in [0.1, 0.15) is 25.6 Å². The molecule has 5 rings (SSSR count). The third kappa shape index (κ3) is 1.83. The average Bonchev–Trinajstić information content (AvgIpc) is 3.42. The Hall–Kier alpha value is -2.41. The topological polar surface area (TPSA) is 86.1 Å². The maximum Gasteiger partial charge on any atom is 0.312 e. The van der Waals surface area contributed by atoms with Gasteiger partial charge in [0.1, 0.15) is 23.1 Å². The molecule has 4 aliphatic rings.